The molecular formula is C21H16N4O3. The molecule has 0 aliphatic carbocycles. The molecular weight excluding hydrogens is 356 g/mol. The van der Waals surface area contributed by atoms with Gasteiger partial charge < -0.3 is 15.4 Å². The lowest BCUT2D eigenvalue weighted by Crippen LogP contribution is -2.17. The van der Waals surface area contributed by atoms with Gasteiger partial charge in [-0.05, 0) is 48.5 Å². The van der Waals surface area contributed by atoms with E-state index in [-0.39, 0.29) is 17.2 Å². The zero-order valence-electron chi connectivity index (χ0n) is 15.0. The van der Waals surface area contributed by atoms with Crippen LogP contribution in [0.4, 0.5) is 11.4 Å². The van der Waals surface area contributed by atoms with Crippen molar-refractivity contribution in [2.75, 3.05) is 17.7 Å². The van der Waals surface area contributed by atoms with Gasteiger partial charge >= 0.3 is 0 Å². The molecule has 0 atom stereocenters. The van der Waals surface area contributed by atoms with Gasteiger partial charge in [0.25, 0.3) is 11.8 Å². The van der Waals surface area contributed by atoms with Crippen LogP contribution in [0.25, 0.3) is 0 Å². The third kappa shape index (κ3) is 4.51. The lowest BCUT2D eigenvalue weighted by Gasteiger charge is -2.08. The number of carbonyl (C=O) groups excluding carboxylic acids is 2. The molecule has 0 radical (unpaired) electrons. The molecule has 0 unspecified atom stereocenters. The van der Waals surface area contributed by atoms with Crippen molar-refractivity contribution in [2.45, 2.75) is 0 Å². The first-order chi connectivity index (χ1) is 13.6. The Hall–Kier alpha value is -4.18. The third-order valence-corrected chi connectivity index (χ3v) is 3.85. The number of rotatable bonds is 5. The number of ether oxygens (including phenoxy) is 1. The second-order valence-electron chi connectivity index (χ2n) is 5.76. The molecule has 0 spiro atoms. The molecule has 0 aliphatic heterocycles. The summed E-state index contributed by atoms with van der Waals surface area (Å²) >= 11 is 0. The van der Waals surface area contributed by atoms with Gasteiger partial charge in [-0.15, -0.1) is 0 Å². The molecule has 0 bridgehead atoms. The molecule has 1 heterocycles. The number of carbonyl (C=O) groups is 2. The van der Waals surface area contributed by atoms with Gasteiger partial charge in [-0.1, -0.05) is 6.07 Å². The number of methoxy groups -OCH3 is 1. The monoisotopic (exact) mass is 372 g/mol. The van der Waals surface area contributed by atoms with Crippen molar-refractivity contribution < 1.29 is 14.3 Å². The Labute approximate surface area is 161 Å². The van der Waals surface area contributed by atoms with E-state index in [9.17, 15) is 9.59 Å². The smallest absolute Gasteiger partial charge is 0.274 e. The predicted molar refractivity (Wildman–Crippen MR) is 104 cm³/mol. The molecule has 28 heavy (non-hydrogen) atoms. The minimum Gasteiger partial charge on any atom is -0.497 e. The Kier molecular flexibility index (Phi) is 5.63. The van der Waals surface area contributed by atoms with Gasteiger partial charge in [0.15, 0.2) is 0 Å². The summed E-state index contributed by atoms with van der Waals surface area (Å²) in [6, 6.07) is 18.3. The van der Waals surface area contributed by atoms with Crippen molar-refractivity contribution in [3.05, 3.63) is 83.7 Å². The number of nitriles is 1. The summed E-state index contributed by atoms with van der Waals surface area (Å²) in [7, 11) is 1.54. The van der Waals surface area contributed by atoms with Gasteiger partial charge in [0, 0.05) is 29.2 Å². The number of aromatic nitrogens is 1. The number of nitrogens with zero attached hydrogens (tertiary/aromatic N) is 2. The molecule has 7 nitrogen and oxygen atoms in total. The highest BCUT2D eigenvalue weighted by molar-refractivity contribution is 6.07. The maximum atomic E-state index is 12.4. The molecule has 3 aromatic rings. The standard InChI is InChI=1S/C21H16N4O3/c1-28-18-4-2-3-17(12-18)25-21(27)19-11-15(9-10-23-19)20(26)24-16-7-5-14(13-22)6-8-16/h2-12H,1H3,(H,24,26)(H,25,27). The van der Waals surface area contributed by atoms with Crippen molar-refractivity contribution in [1.82, 2.24) is 4.98 Å². The molecule has 1 aromatic heterocycles. The van der Waals surface area contributed by atoms with E-state index in [1.807, 2.05) is 6.07 Å². The van der Waals surface area contributed by atoms with Gasteiger partial charge in [-0.25, -0.2) is 0 Å². The minimum absolute atomic E-state index is 0.107. The minimum atomic E-state index is -0.443. The molecule has 2 aromatic carbocycles. The van der Waals surface area contributed by atoms with E-state index in [0.29, 0.717) is 22.7 Å². The maximum Gasteiger partial charge on any atom is 0.274 e. The number of nitrogens with one attached hydrogen (secondary N) is 2. The molecule has 0 saturated carbocycles. The van der Waals surface area contributed by atoms with Crippen molar-refractivity contribution in [1.29, 1.82) is 5.26 Å². The number of anilines is 2. The van der Waals surface area contributed by atoms with Crippen LogP contribution in [0.5, 0.6) is 5.75 Å². The van der Waals surface area contributed by atoms with Crippen molar-refractivity contribution >= 4 is 23.2 Å². The average molecular weight is 372 g/mol. The van der Waals surface area contributed by atoms with Crippen LogP contribution in [0.3, 0.4) is 0 Å². The Morgan fingerprint density at radius 2 is 1.71 bits per heavy atom. The molecule has 3 rings (SSSR count). The van der Waals surface area contributed by atoms with E-state index in [4.69, 9.17) is 10.00 Å². The molecule has 2 N–H and O–H groups in total. The summed E-state index contributed by atoms with van der Waals surface area (Å²) in [4.78, 5) is 28.9. The zero-order valence-corrected chi connectivity index (χ0v) is 15.0. The number of benzene rings is 2. The van der Waals surface area contributed by atoms with E-state index in [1.165, 1.54) is 18.3 Å². The lowest BCUT2D eigenvalue weighted by molar-refractivity contribution is 0.102. The number of hydrogen-bond acceptors (Lipinski definition) is 5. The topological polar surface area (TPSA) is 104 Å². The van der Waals surface area contributed by atoms with E-state index < -0.39 is 5.91 Å². The van der Waals surface area contributed by atoms with Crippen LogP contribution in [0, 0.1) is 11.3 Å². The third-order valence-electron chi connectivity index (χ3n) is 3.85. The molecule has 7 heteroatoms. The van der Waals surface area contributed by atoms with Gasteiger partial charge in [0.2, 0.25) is 0 Å². The van der Waals surface area contributed by atoms with Gasteiger partial charge in [0.1, 0.15) is 11.4 Å². The highest BCUT2D eigenvalue weighted by Crippen LogP contribution is 2.17. The summed E-state index contributed by atoms with van der Waals surface area (Å²) in [5, 5.41) is 14.3. The van der Waals surface area contributed by atoms with E-state index in [0.717, 1.165) is 0 Å². The number of amides is 2. The van der Waals surface area contributed by atoms with Crippen LogP contribution in [-0.4, -0.2) is 23.9 Å². The van der Waals surface area contributed by atoms with Crippen molar-refractivity contribution in [3.63, 3.8) is 0 Å². The highest BCUT2D eigenvalue weighted by atomic mass is 16.5. The summed E-state index contributed by atoms with van der Waals surface area (Å²) in [5.74, 6) is -0.217. The number of pyridine rings is 1. The Balaban J connectivity index is 1.72. The first kappa shape index (κ1) is 18.6. The van der Waals surface area contributed by atoms with Crippen molar-refractivity contribution in [2.24, 2.45) is 0 Å². The quantitative estimate of drug-likeness (QED) is 0.714. The van der Waals surface area contributed by atoms with Crippen LogP contribution in [0.2, 0.25) is 0 Å². The van der Waals surface area contributed by atoms with E-state index in [1.54, 1.807) is 55.6 Å². The van der Waals surface area contributed by atoms with Gasteiger partial charge in [-0.2, -0.15) is 5.26 Å². The summed E-state index contributed by atoms with van der Waals surface area (Å²) in [5.41, 5.74) is 1.99. The van der Waals surface area contributed by atoms with E-state index >= 15 is 0 Å². The fraction of sp³-hybridized carbons (Fsp3) is 0.0476. The Morgan fingerprint density at radius 1 is 0.964 bits per heavy atom. The van der Waals surface area contributed by atoms with Crippen LogP contribution in [0.15, 0.2) is 66.9 Å². The molecule has 138 valence electrons. The summed E-state index contributed by atoms with van der Waals surface area (Å²) < 4.78 is 5.13. The largest absolute Gasteiger partial charge is 0.497 e. The summed E-state index contributed by atoms with van der Waals surface area (Å²) in [6.45, 7) is 0. The molecule has 0 saturated heterocycles. The SMILES string of the molecule is COc1cccc(NC(=O)c2cc(C(=O)Nc3ccc(C#N)cc3)ccn2)c1. The average Bonchev–Trinajstić information content (AvgIpc) is 2.74. The fourth-order valence-corrected chi connectivity index (χ4v) is 2.42. The van der Waals surface area contributed by atoms with Crippen LogP contribution in [0.1, 0.15) is 26.4 Å². The number of hydrogen-bond donors (Lipinski definition) is 2. The van der Waals surface area contributed by atoms with Crippen molar-refractivity contribution in [3.8, 4) is 11.8 Å². The second-order valence-corrected chi connectivity index (χ2v) is 5.76. The van der Waals surface area contributed by atoms with E-state index in [2.05, 4.69) is 15.6 Å². The fourth-order valence-electron chi connectivity index (χ4n) is 2.42. The van der Waals surface area contributed by atoms with Gasteiger partial charge in [-0.3, -0.25) is 14.6 Å². The zero-order chi connectivity index (χ0) is 19.9. The molecule has 0 aliphatic rings. The maximum absolute atomic E-state index is 12.4. The van der Waals surface area contributed by atoms with Crippen LogP contribution < -0.4 is 15.4 Å². The first-order valence-electron chi connectivity index (χ1n) is 8.32. The summed E-state index contributed by atoms with van der Waals surface area (Å²) in [6.07, 6.45) is 1.40. The van der Waals surface area contributed by atoms with Crippen LogP contribution in [-0.2, 0) is 0 Å². The highest BCUT2D eigenvalue weighted by Gasteiger charge is 2.13. The Morgan fingerprint density at radius 3 is 2.43 bits per heavy atom. The first-order valence-corrected chi connectivity index (χ1v) is 8.32. The lowest BCUT2D eigenvalue weighted by atomic mass is 10.2. The second kappa shape index (κ2) is 8.47. The Bertz CT molecular complexity index is 1060. The van der Waals surface area contributed by atoms with Crippen LogP contribution >= 0.6 is 0 Å². The molecule has 2 amide bonds. The normalized spacial score (nSPS) is 9.86. The molecule has 0 fully saturated rings. The predicted octanol–water partition coefficient (Wildman–Crippen LogP) is 3.47. The van der Waals surface area contributed by atoms with Gasteiger partial charge in [0.05, 0.1) is 18.7 Å².